The lowest BCUT2D eigenvalue weighted by Crippen LogP contribution is -2.41. The van der Waals surface area contributed by atoms with E-state index >= 15 is 0 Å². The molecular formula is C28H32N2O5. The van der Waals surface area contributed by atoms with Crippen LogP contribution in [0.15, 0.2) is 48.5 Å². The van der Waals surface area contributed by atoms with E-state index in [0.717, 1.165) is 25.7 Å². The predicted molar refractivity (Wildman–Crippen MR) is 131 cm³/mol. The largest absolute Gasteiger partial charge is 0.481 e. The van der Waals surface area contributed by atoms with Crippen LogP contribution in [0.25, 0.3) is 11.1 Å². The second-order valence-corrected chi connectivity index (χ2v) is 10.1. The van der Waals surface area contributed by atoms with Gasteiger partial charge in [0, 0.05) is 23.9 Å². The van der Waals surface area contributed by atoms with Gasteiger partial charge < -0.3 is 20.5 Å². The molecule has 2 aromatic rings. The van der Waals surface area contributed by atoms with Gasteiger partial charge in [-0.1, -0.05) is 55.0 Å². The van der Waals surface area contributed by atoms with E-state index in [2.05, 4.69) is 34.9 Å². The number of nitrogens with one attached hydrogen (secondary N) is 2. The van der Waals surface area contributed by atoms with Crippen LogP contribution in [0.4, 0.5) is 4.79 Å². The van der Waals surface area contributed by atoms with Gasteiger partial charge in [0.15, 0.2) is 0 Å². The molecule has 3 aliphatic rings. The molecule has 3 N–H and O–H groups in total. The Morgan fingerprint density at radius 2 is 1.57 bits per heavy atom. The van der Waals surface area contributed by atoms with Crippen molar-refractivity contribution in [3.8, 4) is 11.1 Å². The first kappa shape index (κ1) is 23.4. The highest BCUT2D eigenvalue weighted by atomic mass is 16.5. The van der Waals surface area contributed by atoms with Gasteiger partial charge in [-0.2, -0.15) is 0 Å². The van der Waals surface area contributed by atoms with Crippen LogP contribution in [0, 0.1) is 11.8 Å². The van der Waals surface area contributed by atoms with Gasteiger partial charge in [-0.3, -0.25) is 9.59 Å². The quantitative estimate of drug-likeness (QED) is 0.548. The third-order valence-corrected chi connectivity index (χ3v) is 7.89. The number of fused-ring (bicyclic) bond motifs is 3. The highest BCUT2D eigenvalue weighted by molar-refractivity contribution is 5.80. The highest BCUT2D eigenvalue weighted by Gasteiger charge is 2.36. The molecule has 2 unspecified atom stereocenters. The number of rotatable bonds is 7. The van der Waals surface area contributed by atoms with E-state index in [9.17, 15) is 14.4 Å². The molecule has 2 aromatic carbocycles. The zero-order valence-corrected chi connectivity index (χ0v) is 19.7. The lowest BCUT2D eigenvalue weighted by Gasteiger charge is -2.22. The summed E-state index contributed by atoms with van der Waals surface area (Å²) >= 11 is 0. The molecule has 0 aromatic heterocycles. The average molecular weight is 477 g/mol. The van der Waals surface area contributed by atoms with E-state index in [-0.39, 0.29) is 48.8 Å². The molecule has 5 rings (SSSR count). The number of carboxylic acids is 1. The standard InChI is InChI=1S/C28H32N2O5/c31-26(32)15-17-6-5-11-25(17)30-27(33)18-12-13-19(14-18)29-28(34)35-16-24-22-9-3-1-7-20(22)21-8-2-4-10-23(21)24/h1-4,7-10,17-19,24-25H,5-6,11-16H2,(H,29,34)(H,30,33)(H,31,32)/t17?,18-,19+,25?/m0/s1. The van der Waals surface area contributed by atoms with E-state index in [4.69, 9.17) is 9.84 Å². The second-order valence-electron chi connectivity index (χ2n) is 10.1. The smallest absolute Gasteiger partial charge is 0.407 e. The minimum absolute atomic E-state index is 0.00704. The fourth-order valence-corrected chi connectivity index (χ4v) is 6.15. The summed E-state index contributed by atoms with van der Waals surface area (Å²) in [6.07, 6.45) is 4.27. The van der Waals surface area contributed by atoms with Gasteiger partial charge in [0.1, 0.15) is 6.61 Å². The third-order valence-electron chi connectivity index (χ3n) is 7.89. The third kappa shape index (κ3) is 5.04. The van der Waals surface area contributed by atoms with Gasteiger partial charge >= 0.3 is 12.1 Å². The lowest BCUT2D eigenvalue weighted by molar-refractivity contribution is -0.138. The molecule has 7 nitrogen and oxygen atoms in total. The number of aliphatic carboxylic acids is 1. The molecule has 3 aliphatic carbocycles. The van der Waals surface area contributed by atoms with E-state index in [1.807, 2.05) is 24.3 Å². The normalized spacial score (nSPS) is 25.0. The number of carboxylic acid groups (broad SMARTS) is 1. The van der Waals surface area contributed by atoms with Gasteiger partial charge in [0.25, 0.3) is 0 Å². The van der Waals surface area contributed by atoms with Gasteiger partial charge in [-0.05, 0) is 60.3 Å². The molecular weight excluding hydrogens is 444 g/mol. The van der Waals surface area contributed by atoms with Crippen molar-refractivity contribution < 1.29 is 24.2 Å². The van der Waals surface area contributed by atoms with E-state index in [0.29, 0.717) is 12.8 Å². The predicted octanol–water partition coefficient (Wildman–Crippen LogP) is 4.45. The zero-order chi connectivity index (χ0) is 24.4. The summed E-state index contributed by atoms with van der Waals surface area (Å²) in [7, 11) is 0. The van der Waals surface area contributed by atoms with Gasteiger partial charge in [0.05, 0.1) is 6.42 Å². The van der Waals surface area contributed by atoms with Crippen LogP contribution in [0.5, 0.6) is 0 Å². The number of carbonyl (C=O) groups excluding carboxylic acids is 2. The second kappa shape index (κ2) is 10.1. The Morgan fingerprint density at radius 3 is 2.26 bits per heavy atom. The molecule has 0 bridgehead atoms. The number of hydrogen-bond acceptors (Lipinski definition) is 4. The van der Waals surface area contributed by atoms with Crippen LogP contribution in [-0.4, -0.2) is 41.8 Å². The summed E-state index contributed by atoms with van der Waals surface area (Å²) in [5.41, 5.74) is 4.73. The molecule has 35 heavy (non-hydrogen) atoms. The van der Waals surface area contributed by atoms with Crippen molar-refractivity contribution in [3.05, 3.63) is 59.7 Å². The summed E-state index contributed by atoms with van der Waals surface area (Å²) in [5.74, 6) is -0.985. The fourth-order valence-electron chi connectivity index (χ4n) is 6.15. The van der Waals surface area contributed by atoms with Crippen LogP contribution in [0.1, 0.15) is 62.0 Å². The Kier molecular flexibility index (Phi) is 6.75. The molecule has 2 saturated carbocycles. The summed E-state index contributed by atoms with van der Waals surface area (Å²) in [5, 5.41) is 15.1. The summed E-state index contributed by atoms with van der Waals surface area (Å²) < 4.78 is 5.65. The molecule has 7 heteroatoms. The molecule has 4 atom stereocenters. The average Bonchev–Trinajstić information content (AvgIpc) is 3.56. The number of ether oxygens (including phenoxy) is 1. The molecule has 0 spiro atoms. The Balaban J connectivity index is 1.11. The van der Waals surface area contributed by atoms with Crippen LogP contribution >= 0.6 is 0 Å². The van der Waals surface area contributed by atoms with Crippen molar-refractivity contribution in [2.24, 2.45) is 11.8 Å². The molecule has 184 valence electrons. The maximum absolute atomic E-state index is 12.8. The molecule has 0 saturated heterocycles. The minimum atomic E-state index is -0.815. The summed E-state index contributed by atoms with van der Waals surface area (Å²) in [6, 6.07) is 16.3. The first-order valence-corrected chi connectivity index (χ1v) is 12.6. The Morgan fingerprint density at radius 1 is 0.886 bits per heavy atom. The molecule has 0 aliphatic heterocycles. The van der Waals surface area contributed by atoms with Crippen molar-refractivity contribution in [3.63, 3.8) is 0 Å². The zero-order valence-electron chi connectivity index (χ0n) is 19.7. The molecule has 0 heterocycles. The van der Waals surface area contributed by atoms with Crippen LogP contribution in [-0.2, 0) is 14.3 Å². The number of carbonyl (C=O) groups is 3. The van der Waals surface area contributed by atoms with E-state index in [1.54, 1.807) is 0 Å². The van der Waals surface area contributed by atoms with Crippen molar-refractivity contribution in [1.29, 1.82) is 0 Å². The van der Waals surface area contributed by atoms with Crippen LogP contribution < -0.4 is 10.6 Å². The Hall–Kier alpha value is -3.35. The lowest BCUT2D eigenvalue weighted by atomic mass is 9.98. The highest BCUT2D eigenvalue weighted by Crippen LogP contribution is 2.44. The van der Waals surface area contributed by atoms with Crippen LogP contribution in [0.3, 0.4) is 0 Å². The van der Waals surface area contributed by atoms with Gasteiger partial charge in [-0.25, -0.2) is 4.79 Å². The maximum Gasteiger partial charge on any atom is 0.407 e. The first-order valence-electron chi connectivity index (χ1n) is 12.6. The summed E-state index contributed by atoms with van der Waals surface area (Å²) in [6.45, 7) is 0.267. The number of alkyl carbamates (subject to hydrolysis) is 1. The van der Waals surface area contributed by atoms with Crippen molar-refractivity contribution in [1.82, 2.24) is 10.6 Å². The van der Waals surface area contributed by atoms with Crippen LogP contribution in [0.2, 0.25) is 0 Å². The van der Waals surface area contributed by atoms with Crippen molar-refractivity contribution >= 4 is 18.0 Å². The number of hydrogen-bond donors (Lipinski definition) is 3. The van der Waals surface area contributed by atoms with E-state index < -0.39 is 12.1 Å². The van der Waals surface area contributed by atoms with Gasteiger partial charge in [0.2, 0.25) is 5.91 Å². The minimum Gasteiger partial charge on any atom is -0.481 e. The molecule has 2 fully saturated rings. The SMILES string of the molecule is O=C(O)CC1CCCC1NC(=O)[C@H]1CC[C@@H](NC(=O)OCC2c3ccccc3-c3ccccc32)C1. The van der Waals surface area contributed by atoms with Gasteiger partial charge in [-0.15, -0.1) is 0 Å². The summed E-state index contributed by atoms with van der Waals surface area (Å²) in [4.78, 5) is 36.5. The Bertz CT molecular complexity index is 1070. The first-order chi connectivity index (χ1) is 17.0. The molecule has 2 amide bonds. The molecule has 0 radical (unpaired) electrons. The van der Waals surface area contributed by atoms with E-state index in [1.165, 1.54) is 22.3 Å². The van der Waals surface area contributed by atoms with Crippen molar-refractivity contribution in [2.75, 3.05) is 6.61 Å². The maximum atomic E-state index is 12.8. The Labute approximate surface area is 205 Å². The van der Waals surface area contributed by atoms with Crippen molar-refractivity contribution in [2.45, 2.75) is 62.9 Å². The fraction of sp³-hybridized carbons (Fsp3) is 0.464. The number of amides is 2. The number of benzene rings is 2. The monoisotopic (exact) mass is 476 g/mol. The topological polar surface area (TPSA) is 105 Å².